The zero-order chi connectivity index (χ0) is 12.5. The van der Waals surface area contributed by atoms with Crippen molar-refractivity contribution in [3.8, 4) is 0 Å². The molecular weight excluding hydrogens is 274 g/mol. The average Bonchev–Trinajstić information content (AvgIpc) is 3.32. The fourth-order valence-electron chi connectivity index (χ4n) is 18.3. The molecule has 0 N–H and O–H groups in total. The molecule has 5 atom stereocenters. The molecule has 10 aliphatic heterocycles. The van der Waals surface area contributed by atoms with Crippen LogP contribution in [0.25, 0.3) is 0 Å². The summed E-state index contributed by atoms with van der Waals surface area (Å²) in [6.07, 6.45) is 1.30. The van der Waals surface area contributed by atoms with Crippen molar-refractivity contribution in [1.29, 1.82) is 0 Å². The van der Waals surface area contributed by atoms with Gasteiger partial charge in [-0.05, 0) is 0 Å². The Morgan fingerprint density at radius 2 is 1.53 bits per heavy atom. The Morgan fingerprint density at radius 3 is 1.74 bits per heavy atom. The number of fused-ring (bicyclic) bond motifs is 10. The summed E-state index contributed by atoms with van der Waals surface area (Å²) in [6.45, 7) is 4.32. The summed E-state index contributed by atoms with van der Waals surface area (Å²) < 4.78 is 0.921. The van der Waals surface area contributed by atoms with E-state index in [9.17, 15) is 0 Å². The summed E-state index contributed by atoms with van der Waals surface area (Å²) in [4.78, 5) is 15.4. The van der Waals surface area contributed by atoms with Crippen molar-refractivity contribution in [2.45, 2.75) is 67.0 Å². The second-order valence-corrected chi connectivity index (χ2v) is 35.7. The first kappa shape index (κ1) is 8.01. The number of hydrogen-bond donors (Lipinski definition) is 0. The van der Waals surface area contributed by atoms with Crippen molar-refractivity contribution in [1.82, 2.24) is 4.90 Å². The van der Waals surface area contributed by atoms with Gasteiger partial charge in [-0.15, -0.1) is 0 Å². The third-order valence-electron chi connectivity index (χ3n) is 16.6. The Morgan fingerprint density at radius 1 is 1.05 bits per heavy atom. The van der Waals surface area contributed by atoms with Crippen LogP contribution in [0.2, 0.25) is 47.7 Å². The molecule has 0 amide bonds. The van der Waals surface area contributed by atoms with E-state index in [0.29, 0.717) is 6.04 Å². The van der Waals surface area contributed by atoms with Gasteiger partial charge >= 0.3 is 105 Å². The van der Waals surface area contributed by atoms with Crippen molar-refractivity contribution < 1.29 is 6.51 Å². The first-order chi connectivity index (χ1) is 8.85. The van der Waals surface area contributed by atoms with E-state index in [2.05, 4.69) is 25.9 Å². The van der Waals surface area contributed by atoms with E-state index in [4.69, 9.17) is 6.58 Å². The van der Waals surface area contributed by atoms with Crippen molar-refractivity contribution in [2.75, 3.05) is 14.1 Å². The van der Waals surface area contributed by atoms with Crippen LogP contribution in [0.4, 0.5) is 0 Å². The molecule has 0 aromatic carbocycles. The molecule has 0 bridgehead atoms. The fourth-order valence-corrected chi connectivity index (χ4v) is 92.7. The topological polar surface area (TPSA) is 3.24 Å². The van der Waals surface area contributed by atoms with Crippen LogP contribution in [0, 0.1) is 0 Å². The molecular formula is C17H23FeN. The van der Waals surface area contributed by atoms with Gasteiger partial charge in [-0.3, -0.25) is 0 Å². The van der Waals surface area contributed by atoms with Gasteiger partial charge in [-0.25, -0.2) is 0 Å². The molecule has 0 aromatic rings. The van der Waals surface area contributed by atoms with Gasteiger partial charge in [-0.2, -0.15) is 0 Å². The third kappa shape index (κ3) is 0.0912. The molecule has 10 fully saturated rings. The number of likely N-dealkylation sites (N-methyl/N-ethyl adjacent to an activating group) is 1. The Kier molecular flexibility index (Phi) is 0.293. The Labute approximate surface area is 105 Å². The molecule has 10 saturated heterocycles. The van der Waals surface area contributed by atoms with Gasteiger partial charge in [0.25, 0.3) is 0 Å². The summed E-state index contributed by atoms with van der Waals surface area (Å²) in [5, 5.41) is 0. The summed E-state index contributed by atoms with van der Waals surface area (Å²) >= 11 is 0. The zero-order valence-corrected chi connectivity index (χ0v) is 13.1. The van der Waals surface area contributed by atoms with Crippen LogP contribution < -0.4 is 0 Å². The van der Waals surface area contributed by atoms with Crippen LogP contribution in [0.15, 0.2) is 12.2 Å². The van der Waals surface area contributed by atoms with Crippen molar-refractivity contribution >= 4 is 0 Å². The van der Waals surface area contributed by atoms with E-state index in [1.165, 1.54) is 49.8 Å². The SMILES string of the molecule is C=C(C(CC)N(C)C)[C]12[CH]3[CH]4[CH]5[CH]1[Fe]45321678[CH]2[CH]1[CH]6[CH]7[CH]28. The molecule has 0 aromatic heterocycles. The van der Waals surface area contributed by atoms with Crippen molar-refractivity contribution in [2.24, 2.45) is 0 Å². The Bertz CT molecular complexity index is 954. The summed E-state index contributed by atoms with van der Waals surface area (Å²) in [5.41, 5.74) is 1.81. The van der Waals surface area contributed by atoms with Crippen LogP contribution >= 0.6 is 0 Å². The van der Waals surface area contributed by atoms with Gasteiger partial charge in [0.15, 0.2) is 0 Å². The van der Waals surface area contributed by atoms with Crippen LogP contribution in [-0.2, 0) is 6.51 Å². The second kappa shape index (κ2) is 0.694. The standard InChI is InChI=1S/C12H18N.C5H5.Fe/c1-5-12(13(3)4)10(2)11-8-6-7-9-11;1-2-4-5-3-1;/h6-9,12H,2,5H2,1,3-4H3;1-5H;. The van der Waals surface area contributed by atoms with Crippen LogP contribution in [-0.4, -0.2) is 25.0 Å². The quantitative estimate of drug-likeness (QED) is 0.539. The molecule has 10 aliphatic rings. The number of nitrogens with zero attached hydrogens (tertiary/aromatic N) is 1. The maximum absolute atomic E-state index is 4.83. The van der Waals surface area contributed by atoms with E-state index in [1.54, 1.807) is 0 Å². The van der Waals surface area contributed by atoms with Gasteiger partial charge in [0, 0.05) is 0 Å². The molecule has 19 heavy (non-hydrogen) atoms. The van der Waals surface area contributed by atoms with E-state index < -0.39 is 6.51 Å². The van der Waals surface area contributed by atoms with Gasteiger partial charge < -0.3 is 0 Å². The van der Waals surface area contributed by atoms with Crippen LogP contribution in [0.5, 0.6) is 0 Å². The van der Waals surface area contributed by atoms with E-state index in [-0.39, 0.29) is 0 Å². The summed E-state index contributed by atoms with van der Waals surface area (Å²) in [7, 11) is 4.59. The normalized spacial score (nSPS) is 110. The third-order valence-corrected chi connectivity index (χ3v) is 59.0. The molecule has 0 aliphatic carbocycles. The van der Waals surface area contributed by atoms with Crippen LogP contribution in [0.3, 0.4) is 0 Å². The van der Waals surface area contributed by atoms with Crippen LogP contribution in [0.1, 0.15) is 13.3 Å². The first-order valence-electron chi connectivity index (χ1n) is 8.42. The number of rotatable bonds is 4. The van der Waals surface area contributed by atoms with Gasteiger partial charge in [-0.1, -0.05) is 0 Å². The minimum atomic E-state index is -2.91. The molecule has 2 heteroatoms. The predicted molar refractivity (Wildman–Crippen MR) is 73.3 cm³/mol. The van der Waals surface area contributed by atoms with Gasteiger partial charge in [0.1, 0.15) is 0 Å². The summed E-state index contributed by atoms with van der Waals surface area (Å²) in [5.74, 6) is 0. The Balaban J connectivity index is 1.42. The molecule has 1 nitrogen and oxygen atoms in total. The van der Waals surface area contributed by atoms with Crippen molar-refractivity contribution in [3.63, 3.8) is 0 Å². The predicted octanol–water partition coefficient (Wildman–Crippen LogP) is 4.64. The molecule has 104 valence electrons. The average molecular weight is 297 g/mol. The molecule has 10 heterocycles. The summed E-state index contributed by atoms with van der Waals surface area (Å²) in [6, 6.07) is 0.708. The minimum absolute atomic E-state index is 0.708. The first-order valence-corrected chi connectivity index (χ1v) is 14.7. The van der Waals surface area contributed by atoms with E-state index in [0.717, 1.165) is 4.31 Å². The monoisotopic (exact) mass is 297 g/mol. The number of hydrogen-bond acceptors (Lipinski definition) is 1. The fraction of sp³-hybridized carbons (Fsp3) is 0.882. The van der Waals surface area contributed by atoms with E-state index >= 15 is 0 Å². The van der Waals surface area contributed by atoms with Crippen molar-refractivity contribution in [3.05, 3.63) is 12.2 Å². The Hall–Kier alpha value is 0.219. The van der Waals surface area contributed by atoms with E-state index in [1.807, 2.05) is 5.57 Å². The maximum atomic E-state index is 4.83. The molecule has 0 saturated carbocycles. The molecule has 10 rings (SSSR count). The molecule has 1 spiro atoms. The van der Waals surface area contributed by atoms with Gasteiger partial charge in [0.2, 0.25) is 0 Å². The molecule has 5 unspecified atom stereocenters. The van der Waals surface area contributed by atoms with Gasteiger partial charge in [0.05, 0.1) is 0 Å². The molecule has 0 radical (unpaired) electrons. The zero-order valence-electron chi connectivity index (χ0n) is 12.0. The second-order valence-electron chi connectivity index (χ2n) is 12.1.